The average Bonchev–Trinajstić information content (AvgIpc) is 3.91. The second-order valence-electron chi connectivity index (χ2n) is 13.9. The quantitative estimate of drug-likeness (QED) is 0.124. The molecule has 254 valence electrons. The van der Waals surface area contributed by atoms with E-state index in [0.717, 1.165) is 33.5 Å². The standard InChI is InChI=1S/C49H33N3SSi/c1-3-18-34(19-4-1)54(35-20-5-2-6-21-35,47-33-17-25-39-37-23-8-15-31-45(37)53-48(39)47)46-32-16-9-24-38(46)36-22-7-11-27-41(36)51-43-29-13-14-30-44(43)52-42-28-12-10-26-40(42)50-49(51)52/h1-33H. The monoisotopic (exact) mass is 723 g/mol. The molecule has 8 aromatic carbocycles. The van der Waals surface area contributed by atoms with Gasteiger partial charge in [-0.3, -0.25) is 8.97 Å². The predicted molar refractivity (Wildman–Crippen MR) is 231 cm³/mol. The van der Waals surface area contributed by atoms with Gasteiger partial charge in [0.2, 0.25) is 5.78 Å². The first-order valence-electron chi connectivity index (χ1n) is 18.4. The Morgan fingerprint density at radius 3 is 1.80 bits per heavy atom. The molecule has 0 N–H and O–H groups in total. The number of benzene rings is 8. The Bertz CT molecular complexity index is 3140. The SMILES string of the molecule is c1ccc([Si](c2ccccc2)(c2ccccc2-c2ccccc2-n2c3ccccc3n3c4ccccc4nc23)c2cccc3c2sc2ccccc23)cc1. The van der Waals surface area contributed by atoms with Gasteiger partial charge >= 0.3 is 0 Å². The molecule has 0 aliphatic carbocycles. The zero-order valence-electron chi connectivity index (χ0n) is 29.3. The normalized spacial score (nSPS) is 12.1. The summed E-state index contributed by atoms with van der Waals surface area (Å²) in [5.41, 5.74) is 7.87. The van der Waals surface area contributed by atoms with Crippen LogP contribution in [-0.4, -0.2) is 22.0 Å². The molecule has 0 atom stereocenters. The van der Waals surface area contributed by atoms with E-state index >= 15 is 0 Å². The number of nitrogens with zero attached hydrogens (tertiary/aromatic N) is 3. The van der Waals surface area contributed by atoms with Gasteiger partial charge in [0.25, 0.3) is 0 Å². The summed E-state index contributed by atoms with van der Waals surface area (Å²) in [5.74, 6) is 0.909. The van der Waals surface area contributed by atoms with E-state index in [9.17, 15) is 0 Å². The van der Waals surface area contributed by atoms with Crippen LogP contribution in [0.25, 0.3) is 64.8 Å². The van der Waals surface area contributed by atoms with Gasteiger partial charge in [0.05, 0.1) is 27.8 Å². The van der Waals surface area contributed by atoms with Crippen molar-refractivity contribution in [2.75, 3.05) is 0 Å². The third-order valence-electron chi connectivity index (χ3n) is 11.1. The highest BCUT2D eigenvalue weighted by molar-refractivity contribution is 7.30. The second kappa shape index (κ2) is 12.3. The molecule has 0 amide bonds. The maximum absolute atomic E-state index is 5.27. The number of hydrogen-bond acceptors (Lipinski definition) is 2. The van der Waals surface area contributed by atoms with Gasteiger partial charge in [-0.15, -0.1) is 11.3 Å². The maximum atomic E-state index is 5.27. The lowest BCUT2D eigenvalue weighted by Crippen LogP contribution is -2.75. The summed E-state index contributed by atoms with van der Waals surface area (Å²) in [6, 6.07) is 73.7. The summed E-state index contributed by atoms with van der Waals surface area (Å²) >= 11 is 1.93. The Hall–Kier alpha value is -6.53. The summed E-state index contributed by atoms with van der Waals surface area (Å²) in [6.07, 6.45) is 0. The van der Waals surface area contributed by atoms with Crippen molar-refractivity contribution in [3.63, 3.8) is 0 Å². The van der Waals surface area contributed by atoms with Crippen molar-refractivity contribution in [1.29, 1.82) is 0 Å². The molecule has 11 aromatic rings. The van der Waals surface area contributed by atoms with Crippen LogP contribution in [0.15, 0.2) is 200 Å². The lowest BCUT2D eigenvalue weighted by molar-refractivity contribution is 1.11. The van der Waals surface area contributed by atoms with Crippen molar-refractivity contribution in [3.05, 3.63) is 200 Å². The Labute approximate surface area is 317 Å². The van der Waals surface area contributed by atoms with Gasteiger partial charge in [-0.2, -0.15) is 0 Å². The fraction of sp³-hybridized carbons (Fsp3) is 0. The van der Waals surface area contributed by atoms with Crippen LogP contribution >= 0.6 is 11.3 Å². The van der Waals surface area contributed by atoms with Crippen molar-refractivity contribution in [3.8, 4) is 16.8 Å². The fourth-order valence-electron chi connectivity index (χ4n) is 8.88. The van der Waals surface area contributed by atoms with E-state index < -0.39 is 8.07 Å². The largest absolute Gasteiger partial charge is 0.278 e. The van der Waals surface area contributed by atoms with E-state index in [4.69, 9.17) is 4.98 Å². The van der Waals surface area contributed by atoms with Gasteiger partial charge in [0, 0.05) is 25.7 Å². The Kier molecular flexibility index (Phi) is 7.05. The first-order chi connectivity index (χ1) is 26.8. The van der Waals surface area contributed by atoms with Gasteiger partial charge in [-0.05, 0) is 62.7 Å². The van der Waals surface area contributed by atoms with Crippen molar-refractivity contribution < 1.29 is 0 Å². The lowest BCUT2D eigenvalue weighted by atomic mass is 10.0. The smallest absolute Gasteiger partial charge is 0.220 e. The van der Waals surface area contributed by atoms with Crippen molar-refractivity contribution in [2.24, 2.45) is 0 Å². The molecular formula is C49H33N3SSi. The molecule has 0 spiro atoms. The van der Waals surface area contributed by atoms with Crippen LogP contribution in [-0.2, 0) is 0 Å². The van der Waals surface area contributed by atoms with Crippen LogP contribution in [0.3, 0.4) is 0 Å². The molecule has 0 bridgehead atoms. The molecule has 5 heteroatoms. The molecule has 3 nitrogen and oxygen atoms in total. The van der Waals surface area contributed by atoms with Gasteiger partial charge in [-0.1, -0.05) is 164 Å². The van der Waals surface area contributed by atoms with Crippen molar-refractivity contribution >= 4 is 88.2 Å². The molecule has 0 aliphatic rings. The minimum absolute atomic E-state index is 0.909. The number of rotatable bonds is 6. The highest BCUT2D eigenvalue weighted by atomic mass is 32.1. The molecule has 3 aromatic heterocycles. The van der Waals surface area contributed by atoms with Crippen LogP contribution in [0.2, 0.25) is 0 Å². The van der Waals surface area contributed by atoms with Crippen LogP contribution in [0.5, 0.6) is 0 Å². The summed E-state index contributed by atoms with van der Waals surface area (Å²) in [7, 11) is -3.02. The van der Waals surface area contributed by atoms with E-state index in [2.05, 4.69) is 209 Å². The van der Waals surface area contributed by atoms with Crippen LogP contribution in [0.1, 0.15) is 0 Å². The minimum atomic E-state index is -3.02. The Balaban J connectivity index is 1.28. The summed E-state index contributed by atoms with van der Waals surface area (Å²) < 4.78 is 7.35. The molecule has 0 unspecified atom stereocenters. The molecule has 54 heavy (non-hydrogen) atoms. The minimum Gasteiger partial charge on any atom is -0.278 e. The zero-order chi connectivity index (χ0) is 35.6. The number of hydrogen-bond donors (Lipinski definition) is 0. The number of thiophene rings is 1. The van der Waals surface area contributed by atoms with E-state index in [0.29, 0.717) is 0 Å². The van der Waals surface area contributed by atoms with Gasteiger partial charge < -0.3 is 0 Å². The fourth-order valence-corrected chi connectivity index (χ4v) is 15.7. The van der Waals surface area contributed by atoms with E-state index in [1.807, 2.05) is 11.3 Å². The number of aromatic nitrogens is 3. The molecule has 0 aliphatic heterocycles. The van der Waals surface area contributed by atoms with Crippen molar-refractivity contribution in [2.45, 2.75) is 0 Å². The molecule has 0 saturated heterocycles. The van der Waals surface area contributed by atoms with Crippen LogP contribution in [0, 0.1) is 0 Å². The number of fused-ring (bicyclic) bond motifs is 8. The molecule has 3 heterocycles. The lowest BCUT2D eigenvalue weighted by Gasteiger charge is -2.36. The van der Waals surface area contributed by atoms with Gasteiger partial charge in [-0.25, -0.2) is 4.98 Å². The predicted octanol–water partition coefficient (Wildman–Crippen LogP) is 9.84. The third kappa shape index (κ3) is 4.43. The van der Waals surface area contributed by atoms with E-state index in [1.165, 1.54) is 52.0 Å². The van der Waals surface area contributed by atoms with E-state index in [-0.39, 0.29) is 0 Å². The first-order valence-corrected chi connectivity index (χ1v) is 21.2. The van der Waals surface area contributed by atoms with Crippen molar-refractivity contribution in [1.82, 2.24) is 14.0 Å². The Morgan fingerprint density at radius 2 is 1.00 bits per heavy atom. The van der Waals surface area contributed by atoms with Gasteiger partial charge in [0.1, 0.15) is 0 Å². The molecular weight excluding hydrogens is 691 g/mol. The first kappa shape index (κ1) is 31.0. The highest BCUT2D eigenvalue weighted by Crippen LogP contribution is 2.37. The highest BCUT2D eigenvalue weighted by Gasteiger charge is 2.44. The number of imidazole rings is 2. The topological polar surface area (TPSA) is 22.2 Å². The zero-order valence-corrected chi connectivity index (χ0v) is 31.1. The summed E-state index contributed by atoms with van der Waals surface area (Å²) in [5, 5.41) is 8.14. The van der Waals surface area contributed by atoms with Crippen LogP contribution in [0.4, 0.5) is 0 Å². The molecule has 11 rings (SSSR count). The number of para-hydroxylation sites is 5. The van der Waals surface area contributed by atoms with Gasteiger partial charge in [0.15, 0.2) is 8.07 Å². The van der Waals surface area contributed by atoms with E-state index in [1.54, 1.807) is 0 Å². The van der Waals surface area contributed by atoms with Crippen LogP contribution < -0.4 is 20.7 Å². The molecule has 0 saturated carbocycles. The maximum Gasteiger partial charge on any atom is 0.220 e. The Morgan fingerprint density at radius 1 is 0.426 bits per heavy atom. The molecule has 0 radical (unpaired) electrons. The molecule has 0 fully saturated rings. The second-order valence-corrected chi connectivity index (χ2v) is 18.7. The summed E-state index contributed by atoms with van der Waals surface area (Å²) in [6.45, 7) is 0. The average molecular weight is 724 g/mol. The third-order valence-corrected chi connectivity index (χ3v) is 17.4. The summed E-state index contributed by atoms with van der Waals surface area (Å²) in [4.78, 5) is 5.27.